The fourth-order valence-electron chi connectivity index (χ4n) is 0.985. The Labute approximate surface area is 68.7 Å². The number of aromatic nitrogens is 1. The van der Waals surface area contributed by atoms with E-state index >= 15 is 0 Å². The maximum Gasteiger partial charge on any atom is 0.0862 e. The number of hydrogen-bond acceptors (Lipinski definition) is 2. The number of nitrogen functional groups attached to an aromatic ring is 1. The third-order valence-electron chi connectivity index (χ3n) is 1.51. The Bertz CT molecular complexity index is 335. The number of thiophene rings is 1. The van der Waals surface area contributed by atoms with E-state index in [1.54, 1.807) is 11.3 Å². The van der Waals surface area contributed by atoms with E-state index in [-0.39, 0.29) is 0 Å². The molecule has 0 saturated carbocycles. The third-order valence-corrected chi connectivity index (χ3v) is 2.47. The van der Waals surface area contributed by atoms with E-state index in [2.05, 4.69) is 4.98 Å². The Morgan fingerprint density at radius 1 is 1.27 bits per heavy atom. The second kappa shape index (κ2) is 2.43. The molecule has 2 heterocycles. The average molecular weight is 164 g/mol. The molecule has 2 aromatic heterocycles. The van der Waals surface area contributed by atoms with Crippen molar-refractivity contribution in [3.63, 3.8) is 0 Å². The van der Waals surface area contributed by atoms with Crippen LogP contribution in [0, 0.1) is 0 Å². The summed E-state index contributed by atoms with van der Waals surface area (Å²) in [7, 11) is 0. The first-order valence-electron chi connectivity index (χ1n) is 3.35. The molecule has 2 rings (SSSR count). The van der Waals surface area contributed by atoms with Gasteiger partial charge in [0.2, 0.25) is 0 Å². The first-order chi connectivity index (χ1) is 5.36. The predicted molar refractivity (Wildman–Crippen MR) is 48.5 cm³/mol. The van der Waals surface area contributed by atoms with Crippen LogP contribution in [-0.2, 0) is 0 Å². The molecule has 0 bridgehead atoms. The molecule has 0 aliphatic heterocycles. The van der Waals surface area contributed by atoms with E-state index in [0.717, 1.165) is 5.00 Å². The molecule has 56 valence electrons. The zero-order valence-corrected chi connectivity index (χ0v) is 6.69. The lowest BCUT2D eigenvalue weighted by atomic mass is 10.3. The van der Waals surface area contributed by atoms with E-state index in [9.17, 15) is 0 Å². The minimum absolute atomic E-state index is 0.862. The van der Waals surface area contributed by atoms with Crippen molar-refractivity contribution in [2.24, 2.45) is 0 Å². The molecule has 0 unspecified atom stereocenters. The smallest absolute Gasteiger partial charge is 0.0862 e. The number of H-pyrrole nitrogens is 1. The van der Waals surface area contributed by atoms with Crippen molar-refractivity contribution in [1.82, 2.24) is 4.98 Å². The van der Waals surface area contributed by atoms with Gasteiger partial charge >= 0.3 is 0 Å². The Balaban J connectivity index is 2.45. The van der Waals surface area contributed by atoms with Crippen LogP contribution in [0.3, 0.4) is 0 Å². The highest BCUT2D eigenvalue weighted by Crippen LogP contribution is 2.28. The Hall–Kier alpha value is -1.22. The topological polar surface area (TPSA) is 41.8 Å². The van der Waals surface area contributed by atoms with Gasteiger partial charge in [-0.25, -0.2) is 0 Å². The number of aromatic amines is 1. The number of anilines is 1. The Kier molecular flexibility index (Phi) is 1.43. The number of rotatable bonds is 1. The monoisotopic (exact) mass is 164 g/mol. The fourth-order valence-corrected chi connectivity index (χ4v) is 1.76. The summed E-state index contributed by atoms with van der Waals surface area (Å²) in [6, 6.07) is 5.99. The van der Waals surface area contributed by atoms with E-state index in [1.165, 1.54) is 10.4 Å². The summed E-state index contributed by atoms with van der Waals surface area (Å²) >= 11 is 1.60. The molecule has 11 heavy (non-hydrogen) atoms. The van der Waals surface area contributed by atoms with Crippen molar-refractivity contribution in [3.05, 3.63) is 30.6 Å². The third kappa shape index (κ3) is 1.14. The van der Waals surface area contributed by atoms with Crippen molar-refractivity contribution in [1.29, 1.82) is 0 Å². The minimum atomic E-state index is 0.862. The van der Waals surface area contributed by atoms with Crippen LogP contribution < -0.4 is 5.73 Å². The van der Waals surface area contributed by atoms with Gasteiger partial charge in [-0.15, -0.1) is 11.3 Å². The zero-order valence-electron chi connectivity index (χ0n) is 5.87. The summed E-state index contributed by atoms with van der Waals surface area (Å²) < 4.78 is 0. The Morgan fingerprint density at radius 2 is 2.18 bits per heavy atom. The van der Waals surface area contributed by atoms with Crippen LogP contribution in [0.15, 0.2) is 30.6 Å². The molecular formula is C8H8N2S. The molecule has 0 fully saturated rings. The van der Waals surface area contributed by atoms with Crippen LogP contribution in [0.2, 0.25) is 0 Å². The highest BCUT2D eigenvalue weighted by Gasteiger charge is 1.99. The Morgan fingerprint density at radius 3 is 2.73 bits per heavy atom. The van der Waals surface area contributed by atoms with Crippen molar-refractivity contribution in [3.8, 4) is 10.4 Å². The second-order valence-corrected chi connectivity index (χ2v) is 3.42. The minimum Gasteiger partial charge on any atom is -0.391 e. The molecule has 2 aromatic rings. The molecule has 0 saturated heterocycles. The van der Waals surface area contributed by atoms with Gasteiger partial charge in [-0.05, 0) is 18.2 Å². The molecule has 0 amide bonds. The number of nitrogens with one attached hydrogen (secondary N) is 1. The summed E-state index contributed by atoms with van der Waals surface area (Å²) in [5.74, 6) is 0. The molecule has 2 nitrogen and oxygen atoms in total. The van der Waals surface area contributed by atoms with Gasteiger partial charge in [0.25, 0.3) is 0 Å². The van der Waals surface area contributed by atoms with Gasteiger partial charge in [0.05, 0.1) is 5.00 Å². The van der Waals surface area contributed by atoms with Gasteiger partial charge in [0.1, 0.15) is 0 Å². The lowest BCUT2D eigenvalue weighted by Crippen LogP contribution is -1.72. The van der Waals surface area contributed by atoms with Crippen LogP contribution in [0.4, 0.5) is 5.00 Å². The zero-order chi connectivity index (χ0) is 7.68. The maximum atomic E-state index is 5.59. The second-order valence-electron chi connectivity index (χ2n) is 2.30. The van der Waals surface area contributed by atoms with Crippen LogP contribution in [0.5, 0.6) is 0 Å². The fraction of sp³-hybridized carbons (Fsp3) is 0. The van der Waals surface area contributed by atoms with Gasteiger partial charge in [-0.1, -0.05) is 0 Å². The van der Waals surface area contributed by atoms with Crippen molar-refractivity contribution >= 4 is 16.3 Å². The summed E-state index contributed by atoms with van der Waals surface area (Å²) in [5.41, 5.74) is 6.79. The first kappa shape index (κ1) is 6.49. The van der Waals surface area contributed by atoms with E-state index in [1.807, 2.05) is 30.6 Å². The van der Waals surface area contributed by atoms with Crippen LogP contribution in [-0.4, -0.2) is 4.98 Å². The van der Waals surface area contributed by atoms with Gasteiger partial charge in [-0.3, -0.25) is 0 Å². The van der Waals surface area contributed by atoms with Crippen molar-refractivity contribution in [2.75, 3.05) is 5.73 Å². The summed E-state index contributed by atoms with van der Waals surface area (Å²) in [5, 5.41) is 0.862. The molecule has 0 aromatic carbocycles. The molecule has 0 atom stereocenters. The SMILES string of the molecule is Nc1ccc(-c2cc[nH]c2)s1. The van der Waals surface area contributed by atoms with Gasteiger partial charge in [-0.2, -0.15) is 0 Å². The largest absolute Gasteiger partial charge is 0.391 e. The lowest BCUT2D eigenvalue weighted by Gasteiger charge is -1.86. The molecule has 3 N–H and O–H groups in total. The van der Waals surface area contributed by atoms with Crippen molar-refractivity contribution in [2.45, 2.75) is 0 Å². The van der Waals surface area contributed by atoms with Gasteiger partial charge < -0.3 is 10.7 Å². The molecule has 0 spiro atoms. The first-order valence-corrected chi connectivity index (χ1v) is 4.16. The van der Waals surface area contributed by atoms with Crippen LogP contribution in [0.1, 0.15) is 0 Å². The number of hydrogen-bond donors (Lipinski definition) is 2. The van der Waals surface area contributed by atoms with Gasteiger partial charge in [0.15, 0.2) is 0 Å². The quantitative estimate of drug-likeness (QED) is 0.667. The van der Waals surface area contributed by atoms with Crippen LogP contribution in [0.25, 0.3) is 10.4 Å². The van der Waals surface area contributed by atoms with Gasteiger partial charge in [0, 0.05) is 22.8 Å². The van der Waals surface area contributed by atoms with E-state index < -0.39 is 0 Å². The van der Waals surface area contributed by atoms with Crippen molar-refractivity contribution < 1.29 is 0 Å². The molecule has 0 aliphatic carbocycles. The molecule has 0 aliphatic rings. The average Bonchev–Trinajstić information content (AvgIpc) is 2.55. The normalized spacial score (nSPS) is 10.2. The number of nitrogens with two attached hydrogens (primary N) is 1. The summed E-state index contributed by atoms with van der Waals surface area (Å²) in [6.45, 7) is 0. The molecule has 0 radical (unpaired) electrons. The highest BCUT2D eigenvalue weighted by molar-refractivity contribution is 7.19. The molecular weight excluding hydrogens is 156 g/mol. The molecule has 3 heteroatoms. The van der Waals surface area contributed by atoms with E-state index in [4.69, 9.17) is 5.73 Å². The summed E-state index contributed by atoms with van der Waals surface area (Å²) in [4.78, 5) is 4.22. The standard InChI is InChI=1S/C8H8N2S/c9-8-2-1-7(11-8)6-3-4-10-5-6/h1-5,10H,9H2. The summed E-state index contributed by atoms with van der Waals surface area (Å²) in [6.07, 6.45) is 3.87. The van der Waals surface area contributed by atoms with Crippen LogP contribution >= 0.6 is 11.3 Å². The predicted octanol–water partition coefficient (Wildman–Crippen LogP) is 2.33. The van der Waals surface area contributed by atoms with E-state index in [0.29, 0.717) is 0 Å². The lowest BCUT2D eigenvalue weighted by molar-refractivity contribution is 1.42. The maximum absolute atomic E-state index is 5.59. The highest BCUT2D eigenvalue weighted by atomic mass is 32.1.